The van der Waals surface area contributed by atoms with E-state index in [1.165, 1.54) is 13.8 Å². The maximum atomic E-state index is 13.1. The Morgan fingerprint density at radius 2 is 1.69 bits per heavy atom. The van der Waals surface area contributed by atoms with Crippen molar-refractivity contribution in [3.05, 3.63) is 95.2 Å². The van der Waals surface area contributed by atoms with Crippen LogP contribution >= 0.6 is 0 Å². The second kappa shape index (κ2) is 18.6. The largest absolute Gasteiger partial charge is 0.433 e. The molecule has 0 aliphatic heterocycles. The van der Waals surface area contributed by atoms with Crippen molar-refractivity contribution in [3.8, 4) is 11.1 Å². The molecule has 0 radical (unpaired) electrons. The van der Waals surface area contributed by atoms with E-state index in [1.54, 1.807) is 25.4 Å². The number of hydrogen-bond donors (Lipinski definition) is 1. The number of rotatable bonds is 10. The topological polar surface area (TPSA) is 70.5 Å². The first-order valence-corrected chi connectivity index (χ1v) is 14.1. The molecule has 1 amide bonds. The SMILES string of the molecule is CC.CCN(Cc1cccnc1C(C)=NC(=C(C)C)C(F)(F)F)C(C)C.O=CNCc1cccc(-c2cccnc2)c1. The number of benzene rings is 1. The summed E-state index contributed by atoms with van der Waals surface area (Å²) in [5, 5.41) is 2.65. The second-order valence-electron chi connectivity index (χ2n) is 9.65. The highest BCUT2D eigenvalue weighted by Gasteiger charge is 2.35. The molecule has 1 aromatic carbocycles. The van der Waals surface area contributed by atoms with Gasteiger partial charge in [-0.2, -0.15) is 13.2 Å². The molecule has 9 heteroatoms. The molecule has 0 aliphatic rings. The Morgan fingerprint density at radius 3 is 2.24 bits per heavy atom. The smallest absolute Gasteiger partial charge is 0.355 e. The van der Waals surface area contributed by atoms with Gasteiger partial charge in [-0.3, -0.25) is 19.7 Å². The minimum absolute atomic E-state index is 0.136. The molecule has 228 valence electrons. The molecule has 0 aliphatic carbocycles. The lowest BCUT2D eigenvalue weighted by molar-refractivity contribution is -0.109. The molecule has 1 N–H and O–H groups in total. The van der Waals surface area contributed by atoms with Crippen molar-refractivity contribution in [2.75, 3.05) is 6.54 Å². The molecule has 2 aromatic heterocycles. The van der Waals surface area contributed by atoms with Crippen molar-refractivity contribution >= 4 is 12.1 Å². The predicted molar refractivity (Wildman–Crippen MR) is 166 cm³/mol. The fourth-order valence-electron chi connectivity index (χ4n) is 4.00. The van der Waals surface area contributed by atoms with E-state index < -0.39 is 11.9 Å². The first-order valence-electron chi connectivity index (χ1n) is 14.1. The molecule has 0 saturated heterocycles. The van der Waals surface area contributed by atoms with Gasteiger partial charge in [0.1, 0.15) is 5.70 Å². The highest BCUT2D eigenvalue weighted by Crippen LogP contribution is 2.30. The van der Waals surface area contributed by atoms with E-state index in [9.17, 15) is 18.0 Å². The number of pyridine rings is 2. The lowest BCUT2D eigenvalue weighted by Gasteiger charge is -2.25. The van der Waals surface area contributed by atoms with Crippen molar-refractivity contribution in [1.29, 1.82) is 0 Å². The summed E-state index contributed by atoms with van der Waals surface area (Å²) >= 11 is 0. The number of alkyl halides is 3. The van der Waals surface area contributed by atoms with Gasteiger partial charge in [0.25, 0.3) is 0 Å². The van der Waals surface area contributed by atoms with Crippen molar-refractivity contribution in [1.82, 2.24) is 20.2 Å². The van der Waals surface area contributed by atoms with Gasteiger partial charge >= 0.3 is 6.18 Å². The van der Waals surface area contributed by atoms with Gasteiger partial charge in [0.05, 0.1) is 11.4 Å². The Balaban J connectivity index is 0.000000423. The number of nitrogens with one attached hydrogen (secondary N) is 1. The third-order valence-corrected chi connectivity index (χ3v) is 6.08. The van der Waals surface area contributed by atoms with Gasteiger partial charge in [-0.05, 0) is 87.2 Å². The van der Waals surface area contributed by atoms with Crippen LogP contribution in [0.2, 0.25) is 0 Å². The standard InChI is InChI=1S/C18H26F3N3.C13H12N2O.C2H6/c1-7-24(13(4)5)11-15-9-8-10-22-16(15)14(6)23-17(12(2)3)18(19,20)21;16-10-15-8-11-3-1-4-12(7-11)13-5-2-6-14-9-13;1-2/h8-10,13H,7,11H2,1-6H3;1-7,9-10H,8H2,(H,15,16);1-2H3. The highest BCUT2D eigenvalue weighted by molar-refractivity contribution is 5.98. The Hall–Kier alpha value is -3.85. The molecule has 42 heavy (non-hydrogen) atoms. The van der Waals surface area contributed by atoms with Gasteiger partial charge in [-0.1, -0.05) is 51.1 Å². The minimum Gasteiger partial charge on any atom is -0.355 e. The van der Waals surface area contributed by atoms with Gasteiger partial charge in [-0.25, -0.2) is 4.99 Å². The van der Waals surface area contributed by atoms with Crippen molar-refractivity contribution < 1.29 is 18.0 Å². The number of nitrogens with zero attached hydrogens (tertiary/aromatic N) is 4. The van der Waals surface area contributed by atoms with E-state index in [1.807, 2.05) is 62.5 Å². The average molecular weight is 584 g/mol. The monoisotopic (exact) mass is 583 g/mol. The van der Waals surface area contributed by atoms with E-state index in [0.717, 1.165) is 28.8 Å². The van der Waals surface area contributed by atoms with Crippen LogP contribution in [-0.2, 0) is 17.9 Å². The number of amides is 1. The van der Waals surface area contributed by atoms with Crippen molar-refractivity contribution in [2.24, 2.45) is 4.99 Å². The summed E-state index contributed by atoms with van der Waals surface area (Å²) in [6, 6.07) is 16.0. The fourth-order valence-corrected chi connectivity index (χ4v) is 4.00. The predicted octanol–water partition coefficient (Wildman–Crippen LogP) is 8.00. The zero-order valence-corrected chi connectivity index (χ0v) is 26.0. The summed E-state index contributed by atoms with van der Waals surface area (Å²) in [6.07, 6.45) is 1.39. The minimum atomic E-state index is -4.47. The number of hydrogen-bond acceptors (Lipinski definition) is 5. The number of aliphatic imine (C=N–C) groups is 1. The van der Waals surface area contributed by atoms with Crippen LogP contribution in [0.15, 0.2) is 83.4 Å². The zero-order valence-electron chi connectivity index (χ0n) is 26.0. The van der Waals surface area contributed by atoms with E-state index in [-0.39, 0.29) is 11.3 Å². The van der Waals surface area contributed by atoms with Crippen LogP contribution in [0.3, 0.4) is 0 Å². The Labute approximate surface area is 248 Å². The lowest BCUT2D eigenvalue weighted by Crippen LogP contribution is -2.30. The molecule has 0 spiro atoms. The summed E-state index contributed by atoms with van der Waals surface area (Å²) in [6.45, 7) is 16.7. The Kier molecular flexibility index (Phi) is 16.0. The highest BCUT2D eigenvalue weighted by atomic mass is 19.4. The molecule has 0 atom stereocenters. The second-order valence-corrected chi connectivity index (χ2v) is 9.65. The summed E-state index contributed by atoms with van der Waals surface area (Å²) in [7, 11) is 0. The van der Waals surface area contributed by atoms with Crippen LogP contribution < -0.4 is 5.32 Å². The summed E-state index contributed by atoms with van der Waals surface area (Å²) in [4.78, 5) is 24.6. The molecule has 0 unspecified atom stereocenters. The summed E-state index contributed by atoms with van der Waals surface area (Å²) in [5.74, 6) is 0. The van der Waals surface area contributed by atoms with Crippen molar-refractivity contribution in [2.45, 2.75) is 80.7 Å². The normalized spacial score (nSPS) is 11.2. The number of allylic oxidation sites excluding steroid dienone is 2. The Morgan fingerprint density at radius 1 is 1.02 bits per heavy atom. The molecular formula is C33H44F3N5O. The van der Waals surface area contributed by atoms with Gasteiger partial charge in [0.2, 0.25) is 6.41 Å². The van der Waals surface area contributed by atoms with Gasteiger partial charge in [-0.15, -0.1) is 0 Å². The summed E-state index contributed by atoms with van der Waals surface area (Å²) < 4.78 is 39.4. The van der Waals surface area contributed by atoms with Crippen LogP contribution in [0.1, 0.15) is 72.2 Å². The summed E-state index contributed by atoms with van der Waals surface area (Å²) in [5.41, 5.74) is 4.22. The average Bonchev–Trinajstić information content (AvgIpc) is 2.98. The quantitative estimate of drug-likeness (QED) is 0.194. The van der Waals surface area contributed by atoms with Crippen LogP contribution in [0.5, 0.6) is 0 Å². The van der Waals surface area contributed by atoms with Crippen LogP contribution in [0, 0.1) is 0 Å². The van der Waals surface area contributed by atoms with E-state index >= 15 is 0 Å². The van der Waals surface area contributed by atoms with E-state index in [4.69, 9.17) is 0 Å². The maximum absolute atomic E-state index is 13.1. The van der Waals surface area contributed by atoms with E-state index in [0.29, 0.717) is 31.2 Å². The molecule has 3 rings (SSSR count). The van der Waals surface area contributed by atoms with Crippen LogP contribution in [0.25, 0.3) is 11.1 Å². The van der Waals surface area contributed by atoms with Gasteiger partial charge < -0.3 is 5.32 Å². The number of carbonyl (C=O) groups excluding carboxylic acids is 1. The first-order chi connectivity index (χ1) is 20.0. The first kappa shape index (κ1) is 36.2. The maximum Gasteiger partial charge on any atom is 0.433 e. The molecule has 3 aromatic rings. The third kappa shape index (κ3) is 11.9. The zero-order chi connectivity index (χ0) is 31.7. The number of aromatic nitrogens is 2. The molecule has 0 fully saturated rings. The Bertz CT molecular complexity index is 1280. The lowest BCUT2D eigenvalue weighted by atomic mass is 10.1. The molecule has 6 nitrogen and oxygen atoms in total. The number of carbonyl (C=O) groups is 1. The van der Waals surface area contributed by atoms with Gasteiger partial charge in [0.15, 0.2) is 0 Å². The van der Waals surface area contributed by atoms with Crippen molar-refractivity contribution in [3.63, 3.8) is 0 Å². The van der Waals surface area contributed by atoms with E-state index in [2.05, 4.69) is 45.9 Å². The molecular weight excluding hydrogens is 539 g/mol. The number of halogens is 3. The molecule has 2 heterocycles. The van der Waals surface area contributed by atoms with Crippen LogP contribution in [-0.4, -0.2) is 45.8 Å². The molecule has 0 saturated carbocycles. The van der Waals surface area contributed by atoms with Gasteiger partial charge in [0, 0.05) is 37.7 Å². The fraction of sp³-hybridized carbons (Fsp3) is 0.394. The third-order valence-electron chi connectivity index (χ3n) is 6.08. The van der Waals surface area contributed by atoms with Crippen LogP contribution in [0.4, 0.5) is 13.2 Å². The molecule has 0 bridgehead atoms.